The number of methoxy groups -OCH3 is 1. The molecule has 0 aromatic heterocycles. The summed E-state index contributed by atoms with van der Waals surface area (Å²) in [6.07, 6.45) is 2.45. The molecule has 7 heteroatoms. The molecular weight excluding hydrogens is 356 g/mol. The first-order valence-corrected chi connectivity index (χ1v) is 8.06. The molecule has 0 spiro atoms. The summed E-state index contributed by atoms with van der Waals surface area (Å²) in [7, 11) is 2.84. The molecular formula is C20H19F2NO4. The Morgan fingerprint density at radius 3 is 2.52 bits per heavy atom. The molecule has 0 saturated carbocycles. The Kier molecular flexibility index (Phi) is 7.05. The van der Waals surface area contributed by atoms with E-state index in [1.54, 1.807) is 24.3 Å². The fraction of sp³-hybridized carbons (Fsp3) is 0.200. The molecule has 0 saturated heterocycles. The maximum atomic E-state index is 13.6. The molecule has 0 fully saturated rings. The summed E-state index contributed by atoms with van der Waals surface area (Å²) in [5, 5.41) is 0. The predicted octanol–water partition coefficient (Wildman–Crippen LogP) is 3.19. The van der Waals surface area contributed by atoms with Gasteiger partial charge in [0.05, 0.1) is 7.11 Å². The zero-order valence-corrected chi connectivity index (χ0v) is 14.9. The lowest BCUT2D eigenvalue weighted by Crippen LogP contribution is -2.30. The maximum absolute atomic E-state index is 13.6. The van der Waals surface area contributed by atoms with Crippen LogP contribution in [-0.2, 0) is 20.9 Å². The molecule has 0 N–H and O–H groups in total. The molecule has 2 aromatic rings. The van der Waals surface area contributed by atoms with Gasteiger partial charge in [-0.25, -0.2) is 13.6 Å². The van der Waals surface area contributed by atoms with E-state index in [0.29, 0.717) is 11.1 Å². The molecule has 0 aliphatic rings. The number of rotatable bonds is 7. The lowest BCUT2D eigenvalue weighted by Gasteiger charge is -2.17. The van der Waals surface area contributed by atoms with Crippen LogP contribution < -0.4 is 4.74 Å². The van der Waals surface area contributed by atoms with Crippen molar-refractivity contribution >= 4 is 18.0 Å². The lowest BCUT2D eigenvalue weighted by molar-refractivity contribution is -0.147. The zero-order valence-electron chi connectivity index (χ0n) is 14.9. The van der Waals surface area contributed by atoms with Crippen molar-refractivity contribution in [2.45, 2.75) is 6.54 Å². The van der Waals surface area contributed by atoms with Gasteiger partial charge in [0.2, 0.25) is 0 Å². The molecule has 0 aliphatic carbocycles. The molecule has 2 rings (SSSR count). The van der Waals surface area contributed by atoms with Crippen LogP contribution >= 0.6 is 0 Å². The van der Waals surface area contributed by atoms with Gasteiger partial charge in [-0.2, -0.15) is 0 Å². The van der Waals surface area contributed by atoms with Gasteiger partial charge in [-0.1, -0.05) is 24.3 Å². The van der Waals surface area contributed by atoms with Crippen molar-refractivity contribution in [1.82, 2.24) is 4.90 Å². The quantitative estimate of drug-likeness (QED) is 0.551. The van der Waals surface area contributed by atoms with E-state index in [-0.39, 0.29) is 12.3 Å². The monoisotopic (exact) mass is 375 g/mol. The van der Waals surface area contributed by atoms with E-state index >= 15 is 0 Å². The van der Waals surface area contributed by atoms with E-state index in [0.717, 1.165) is 6.08 Å². The molecule has 2 aromatic carbocycles. The highest BCUT2D eigenvalue weighted by molar-refractivity contribution is 5.89. The number of likely N-dealkylation sites (N-methyl/N-ethyl adjacent to an activating group) is 1. The van der Waals surface area contributed by atoms with E-state index in [2.05, 4.69) is 0 Å². The van der Waals surface area contributed by atoms with Gasteiger partial charge >= 0.3 is 5.97 Å². The van der Waals surface area contributed by atoms with Crippen molar-refractivity contribution in [1.29, 1.82) is 0 Å². The van der Waals surface area contributed by atoms with Gasteiger partial charge in [-0.15, -0.1) is 0 Å². The minimum Gasteiger partial charge on any atom is -0.494 e. The van der Waals surface area contributed by atoms with Gasteiger partial charge in [0.25, 0.3) is 5.91 Å². The Labute approximate surface area is 155 Å². The minimum absolute atomic E-state index is 0.0595. The van der Waals surface area contributed by atoms with Gasteiger partial charge in [0.1, 0.15) is 5.82 Å². The number of ether oxygens (including phenoxy) is 2. The summed E-state index contributed by atoms with van der Waals surface area (Å²) in [5.41, 5.74) is 0.800. The van der Waals surface area contributed by atoms with Crippen LogP contribution in [0.5, 0.6) is 5.75 Å². The molecule has 0 radical (unpaired) electrons. The van der Waals surface area contributed by atoms with E-state index in [9.17, 15) is 18.4 Å². The zero-order chi connectivity index (χ0) is 19.8. The standard InChI is InChI=1S/C20H19F2NO4/c1-23(12-15-5-3-4-6-16(15)21)19(24)13-27-20(25)10-8-14-7-9-18(26-2)17(22)11-14/h3-11H,12-13H2,1-2H3/b10-8+. The third kappa shape index (κ3) is 5.91. The Morgan fingerprint density at radius 1 is 1.11 bits per heavy atom. The van der Waals surface area contributed by atoms with E-state index in [4.69, 9.17) is 9.47 Å². The Morgan fingerprint density at radius 2 is 1.85 bits per heavy atom. The van der Waals surface area contributed by atoms with Crippen molar-refractivity contribution in [3.63, 3.8) is 0 Å². The van der Waals surface area contributed by atoms with Gasteiger partial charge in [0.15, 0.2) is 18.2 Å². The third-order valence-corrected chi connectivity index (χ3v) is 3.72. The Bertz CT molecular complexity index is 852. The second-order valence-corrected chi connectivity index (χ2v) is 5.68. The first-order valence-electron chi connectivity index (χ1n) is 8.06. The SMILES string of the molecule is COc1ccc(/C=C/C(=O)OCC(=O)N(C)Cc2ccccc2F)cc1F. The summed E-state index contributed by atoms with van der Waals surface area (Å²) >= 11 is 0. The molecule has 27 heavy (non-hydrogen) atoms. The molecule has 5 nitrogen and oxygen atoms in total. The number of carbonyl (C=O) groups excluding carboxylic acids is 2. The number of halogens is 2. The van der Waals surface area contributed by atoms with E-state index in [1.807, 2.05) is 0 Å². The number of hydrogen-bond acceptors (Lipinski definition) is 4. The summed E-state index contributed by atoms with van der Waals surface area (Å²) in [6.45, 7) is -0.422. The molecule has 0 unspecified atom stereocenters. The fourth-order valence-corrected chi connectivity index (χ4v) is 2.21. The highest BCUT2D eigenvalue weighted by Gasteiger charge is 2.13. The molecule has 142 valence electrons. The second kappa shape index (κ2) is 9.47. The maximum Gasteiger partial charge on any atom is 0.331 e. The van der Waals surface area contributed by atoms with Crippen LogP contribution in [0.15, 0.2) is 48.5 Å². The summed E-state index contributed by atoms with van der Waals surface area (Å²) in [6, 6.07) is 10.3. The van der Waals surface area contributed by atoms with Crippen LogP contribution in [0.25, 0.3) is 6.08 Å². The molecule has 0 bridgehead atoms. The van der Waals surface area contributed by atoms with Gasteiger partial charge in [0, 0.05) is 25.2 Å². The lowest BCUT2D eigenvalue weighted by atomic mass is 10.2. The van der Waals surface area contributed by atoms with Crippen molar-refractivity contribution in [3.8, 4) is 5.75 Å². The normalized spacial score (nSPS) is 10.7. The number of esters is 1. The highest BCUT2D eigenvalue weighted by Crippen LogP contribution is 2.18. The Hall–Kier alpha value is -3.22. The largest absolute Gasteiger partial charge is 0.494 e. The van der Waals surface area contributed by atoms with Crippen LogP contribution in [0, 0.1) is 11.6 Å². The van der Waals surface area contributed by atoms with Crippen LogP contribution in [0.3, 0.4) is 0 Å². The average molecular weight is 375 g/mol. The predicted molar refractivity (Wildman–Crippen MR) is 95.8 cm³/mol. The van der Waals surface area contributed by atoms with Crippen molar-refractivity contribution < 1.29 is 27.8 Å². The average Bonchev–Trinajstić information content (AvgIpc) is 2.66. The smallest absolute Gasteiger partial charge is 0.331 e. The topological polar surface area (TPSA) is 55.8 Å². The second-order valence-electron chi connectivity index (χ2n) is 5.68. The summed E-state index contributed by atoms with van der Waals surface area (Å²) < 4.78 is 36.8. The van der Waals surface area contributed by atoms with E-state index < -0.39 is 30.1 Å². The van der Waals surface area contributed by atoms with Crippen LogP contribution in [0.1, 0.15) is 11.1 Å². The molecule has 0 heterocycles. The number of hydrogen-bond donors (Lipinski definition) is 0. The van der Waals surface area contributed by atoms with Crippen molar-refractivity contribution in [2.75, 3.05) is 20.8 Å². The van der Waals surface area contributed by atoms with Gasteiger partial charge in [-0.05, 0) is 29.8 Å². The van der Waals surface area contributed by atoms with Crippen molar-refractivity contribution in [3.05, 3.63) is 71.3 Å². The van der Waals surface area contributed by atoms with Crippen LogP contribution in [0.2, 0.25) is 0 Å². The summed E-state index contributed by atoms with van der Waals surface area (Å²) in [5.74, 6) is -2.10. The van der Waals surface area contributed by atoms with Crippen LogP contribution in [-0.4, -0.2) is 37.5 Å². The molecule has 0 aliphatic heterocycles. The first kappa shape index (κ1) is 20.1. The minimum atomic E-state index is -0.751. The van der Waals surface area contributed by atoms with Crippen molar-refractivity contribution in [2.24, 2.45) is 0 Å². The number of carbonyl (C=O) groups is 2. The van der Waals surface area contributed by atoms with E-state index in [1.165, 1.54) is 43.3 Å². The number of nitrogens with zero attached hydrogens (tertiary/aromatic N) is 1. The van der Waals surface area contributed by atoms with Gasteiger partial charge < -0.3 is 14.4 Å². The fourth-order valence-electron chi connectivity index (χ4n) is 2.21. The molecule has 0 atom stereocenters. The first-order chi connectivity index (χ1) is 12.9. The van der Waals surface area contributed by atoms with Gasteiger partial charge in [-0.3, -0.25) is 4.79 Å². The highest BCUT2D eigenvalue weighted by atomic mass is 19.1. The number of benzene rings is 2. The summed E-state index contributed by atoms with van der Waals surface area (Å²) in [4.78, 5) is 25.0. The van der Waals surface area contributed by atoms with Crippen LogP contribution in [0.4, 0.5) is 8.78 Å². The third-order valence-electron chi connectivity index (χ3n) is 3.72. The molecule has 1 amide bonds. The number of amides is 1. The Balaban J connectivity index is 1.84.